The van der Waals surface area contributed by atoms with Gasteiger partial charge in [0.1, 0.15) is 6.04 Å². The largest absolute Gasteiger partial charge is 0.394 e. The molecule has 1 aromatic rings. The zero-order valence-electron chi connectivity index (χ0n) is 12.2. The molecule has 0 bridgehead atoms. The summed E-state index contributed by atoms with van der Waals surface area (Å²) in [4.78, 5) is 16.0. The number of nitrogens with zero attached hydrogens (tertiary/aromatic N) is 3. The van der Waals surface area contributed by atoms with Crippen molar-refractivity contribution in [3.63, 3.8) is 0 Å². The number of nitriles is 1. The third kappa shape index (κ3) is 2.84. The van der Waals surface area contributed by atoms with Crippen LogP contribution in [0.15, 0.2) is 18.2 Å². The van der Waals surface area contributed by atoms with E-state index in [4.69, 9.17) is 9.84 Å². The Labute approximate surface area is 124 Å². The Kier molecular flexibility index (Phi) is 4.78. The van der Waals surface area contributed by atoms with E-state index in [2.05, 4.69) is 6.07 Å². The quantitative estimate of drug-likeness (QED) is 0.783. The van der Waals surface area contributed by atoms with Gasteiger partial charge in [-0.15, -0.1) is 0 Å². The van der Waals surface area contributed by atoms with E-state index in [1.807, 2.05) is 37.2 Å². The Morgan fingerprint density at radius 2 is 2.19 bits per heavy atom. The van der Waals surface area contributed by atoms with Gasteiger partial charge in [-0.1, -0.05) is 12.1 Å². The first-order valence-electron chi connectivity index (χ1n) is 6.81. The molecular weight excluding hydrogens is 270 g/mol. The molecule has 0 aliphatic carbocycles. The molecule has 1 atom stereocenters. The van der Waals surface area contributed by atoms with Gasteiger partial charge in [0.25, 0.3) is 5.91 Å². The van der Waals surface area contributed by atoms with Gasteiger partial charge in [-0.2, -0.15) is 5.26 Å². The predicted molar refractivity (Wildman–Crippen MR) is 78.1 cm³/mol. The molecule has 1 aromatic carbocycles. The molecule has 0 fully saturated rings. The number of hydrogen-bond acceptors (Lipinski definition) is 5. The third-order valence-corrected chi connectivity index (χ3v) is 3.47. The second kappa shape index (κ2) is 6.57. The van der Waals surface area contributed by atoms with Crippen LogP contribution in [-0.4, -0.2) is 56.4 Å². The second-order valence-electron chi connectivity index (χ2n) is 5.00. The molecule has 0 saturated heterocycles. The highest BCUT2D eigenvalue weighted by Crippen LogP contribution is 2.37. The zero-order chi connectivity index (χ0) is 15.4. The number of hydrogen-bond donors (Lipinski definition) is 1. The van der Waals surface area contributed by atoms with Crippen LogP contribution in [0, 0.1) is 11.3 Å². The van der Waals surface area contributed by atoms with Crippen LogP contribution in [-0.2, 0) is 4.74 Å². The minimum atomic E-state index is -0.579. The topological polar surface area (TPSA) is 76.8 Å². The fourth-order valence-electron chi connectivity index (χ4n) is 2.52. The van der Waals surface area contributed by atoms with E-state index < -0.39 is 6.04 Å². The molecule has 0 aromatic heterocycles. The fraction of sp³-hybridized carbons (Fsp3) is 0.467. The lowest BCUT2D eigenvalue weighted by atomic mass is 10.0. The van der Waals surface area contributed by atoms with E-state index in [-0.39, 0.29) is 19.1 Å². The Morgan fingerprint density at radius 3 is 2.81 bits per heavy atom. The van der Waals surface area contributed by atoms with E-state index >= 15 is 0 Å². The maximum atomic E-state index is 12.6. The number of fused-ring (bicyclic) bond motifs is 1. The molecule has 6 heteroatoms. The molecule has 0 spiro atoms. The van der Waals surface area contributed by atoms with Crippen LogP contribution in [0.2, 0.25) is 0 Å². The number of aliphatic hydroxyl groups is 1. The van der Waals surface area contributed by atoms with Crippen molar-refractivity contribution in [3.05, 3.63) is 29.3 Å². The lowest BCUT2D eigenvalue weighted by Crippen LogP contribution is -2.31. The molecule has 1 heterocycles. The molecule has 1 aliphatic rings. The molecule has 1 amide bonds. The number of rotatable bonds is 6. The van der Waals surface area contributed by atoms with Crippen LogP contribution in [0.1, 0.15) is 22.0 Å². The minimum Gasteiger partial charge on any atom is -0.394 e. The Hall–Kier alpha value is -2.10. The van der Waals surface area contributed by atoms with Crippen LogP contribution in [0.25, 0.3) is 0 Å². The van der Waals surface area contributed by atoms with Crippen molar-refractivity contribution in [2.75, 3.05) is 45.4 Å². The molecule has 112 valence electrons. The molecule has 21 heavy (non-hydrogen) atoms. The van der Waals surface area contributed by atoms with Crippen LogP contribution >= 0.6 is 0 Å². The lowest BCUT2D eigenvalue weighted by molar-refractivity contribution is 0.0558. The van der Waals surface area contributed by atoms with Gasteiger partial charge >= 0.3 is 0 Å². The first kappa shape index (κ1) is 15.3. The van der Waals surface area contributed by atoms with Crippen molar-refractivity contribution in [1.29, 1.82) is 5.26 Å². The highest BCUT2D eigenvalue weighted by Gasteiger charge is 2.38. The highest BCUT2D eigenvalue weighted by atomic mass is 16.5. The van der Waals surface area contributed by atoms with Crippen molar-refractivity contribution in [2.45, 2.75) is 6.04 Å². The number of carbonyl (C=O) groups is 1. The molecule has 1 N–H and O–H groups in total. The SMILES string of the molecule is CN(C)c1cccc2c1C(=O)N(CCOCCO)C2C#N. The van der Waals surface area contributed by atoms with Gasteiger partial charge in [0.05, 0.1) is 31.5 Å². The van der Waals surface area contributed by atoms with Gasteiger partial charge in [-0.3, -0.25) is 4.79 Å². The van der Waals surface area contributed by atoms with Crippen molar-refractivity contribution < 1.29 is 14.6 Å². The van der Waals surface area contributed by atoms with Gasteiger partial charge in [-0.05, 0) is 6.07 Å². The number of benzene rings is 1. The maximum absolute atomic E-state index is 12.6. The first-order valence-corrected chi connectivity index (χ1v) is 6.81. The maximum Gasteiger partial charge on any atom is 0.257 e. The van der Waals surface area contributed by atoms with Crippen LogP contribution < -0.4 is 4.90 Å². The summed E-state index contributed by atoms with van der Waals surface area (Å²) in [5.41, 5.74) is 2.16. The summed E-state index contributed by atoms with van der Waals surface area (Å²) in [6, 6.07) is 7.16. The summed E-state index contributed by atoms with van der Waals surface area (Å²) in [5.74, 6) is -0.145. The second-order valence-corrected chi connectivity index (χ2v) is 5.00. The first-order chi connectivity index (χ1) is 10.1. The fourth-order valence-corrected chi connectivity index (χ4v) is 2.52. The van der Waals surface area contributed by atoms with E-state index in [1.54, 1.807) is 0 Å². The molecule has 6 nitrogen and oxygen atoms in total. The summed E-state index contributed by atoms with van der Waals surface area (Å²) >= 11 is 0. The van der Waals surface area contributed by atoms with Crippen molar-refractivity contribution >= 4 is 11.6 Å². The Balaban J connectivity index is 2.26. The van der Waals surface area contributed by atoms with Gasteiger partial charge in [0.2, 0.25) is 0 Å². The molecule has 1 unspecified atom stereocenters. The summed E-state index contributed by atoms with van der Waals surface area (Å²) in [6.45, 7) is 0.810. The Bertz CT molecular complexity index is 566. The molecule has 2 rings (SSSR count). The van der Waals surface area contributed by atoms with Gasteiger partial charge in [-0.25, -0.2) is 0 Å². The zero-order valence-corrected chi connectivity index (χ0v) is 12.2. The average Bonchev–Trinajstić information content (AvgIpc) is 2.75. The van der Waals surface area contributed by atoms with E-state index in [9.17, 15) is 10.1 Å². The van der Waals surface area contributed by atoms with Crippen molar-refractivity contribution in [2.24, 2.45) is 0 Å². The van der Waals surface area contributed by atoms with Crippen molar-refractivity contribution in [1.82, 2.24) is 4.90 Å². The smallest absolute Gasteiger partial charge is 0.257 e. The van der Waals surface area contributed by atoms with Gasteiger partial charge in [0, 0.05) is 31.9 Å². The normalized spacial score (nSPS) is 16.8. The van der Waals surface area contributed by atoms with Crippen molar-refractivity contribution in [3.8, 4) is 6.07 Å². The summed E-state index contributed by atoms with van der Waals surface area (Å²) in [7, 11) is 3.74. The number of ether oxygens (including phenoxy) is 1. The summed E-state index contributed by atoms with van der Waals surface area (Å²) in [5, 5.41) is 18.1. The van der Waals surface area contributed by atoms with E-state index in [0.29, 0.717) is 18.7 Å². The monoisotopic (exact) mass is 289 g/mol. The van der Waals surface area contributed by atoms with Gasteiger partial charge < -0.3 is 19.6 Å². The van der Waals surface area contributed by atoms with Crippen LogP contribution in [0.5, 0.6) is 0 Å². The van der Waals surface area contributed by atoms with E-state index in [0.717, 1.165) is 11.3 Å². The molecule has 0 radical (unpaired) electrons. The van der Waals surface area contributed by atoms with Gasteiger partial charge in [0.15, 0.2) is 0 Å². The summed E-state index contributed by atoms with van der Waals surface area (Å²) in [6.07, 6.45) is 0. The van der Waals surface area contributed by atoms with E-state index in [1.165, 1.54) is 4.90 Å². The molecule has 1 aliphatic heterocycles. The standard InChI is InChI=1S/C15H19N3O3/c1-17(2)12-5-3-4-11-13(10-16)18(15(20)14(11)12)6-8-21-9-7-19/h3-5,13,19H,6-9H2,1-2H3. The average molecular weight is 289 g/mol. The molecule has 0 saturated carbocycles. The van der Waals surface area contributed by atoms with Crippen LogP contribution in [0.4, 0.5) is 5.69 Å². The molecular formula is C15H19N3O3. The number of amides is 1. The van der Waals surface area contributed by atoms with Crippen LogP contribution in [0.3, 0.4) is 0 Å². The highest BCUT2D eigenvalue weighted by molar-refractivity contribution is 6.04. The predicted octanol–water partition coefficient (Wildman–Crippen LogP) is 0.782. The summed E-state index contributed by atoms with van der Waals surface area (Å²) < 4.78 is 5.20. The number of carbonyl (C=O) groups excluding carboxylic acids is 1. The number of anilines is 1. The Morgan fingerprint density at radius 1 is 1.43 bits per heavy atom. The lowest BCUT2D eigenvalue weighted by Gasteiger charge is -2.20. The minimum absolute atomic E-state index is 0.0549. The third-order valence-electron chi connectivity index (χ3n) is 3.47. The number of aliphatic hydroxyl groups excluding tert-OH is 1.